The molecule has 1 saturated heterocycles. The summed E-state index contributed by atoms with van der Waals surface area (Å²) < 4.78 is 0. The van der Waals surface area contributed by atoms with Crippen molar-refractivity contribution in [2.24, 2.45) is 5.73 Å². The number of non-ortho nitro benzene ring substituents is 2. The highest BCUT2D eigenvalue weighted by molar-refractivity contribution is 5.96. The summed E-state index contributed by atoms with van der Waals surface area (Å²) in [7, 11) is 0. The van der Waals surface area contributed by atoms with Gasteiger partial charge in [0.05, 0.1) is 21.6 Å². The fourth-order valence-corrected chi connectivity index (χ4v) is 1.93. The average Bonchev–Trinajstić information content (AvgIpc) is 2.67. The van der Waals surface area contributed by atoms with Crippen molar-refractivity contribution in [1.29, 1.82) is 0 Å². The van der Waals surface area contributed by atoms with Gasteiger partial charge in [0, 0.05) is 31.1 Å². The third-order valence-electron chi connectivity index (χ3n) is 2.78. The summed E-state index contributed by atoms with van der Waals surface area (Å²) in [6.07, 6.45) is 0.122. The number of carbonyl (C=O) groups is 1. The topological polar surface area (TPSA) is 133 Å². The highest BCUT2D eigenvalue weighted by Crippen LogP contribution is 2.30. The minimum absolute atomic E-state index is 0.122. The van der Waals surface area contributed by atoms with Gasteiger partial charge in [-0.2, -0.15) is 0 Å². The number of nitro benzene ring substituents is 2. The van der Waals surface area contributed by atoms with Gasteiger partial charge >= 0.3 is 0 Å². The van der Waals surface area contributed by atoms with Crippen molar-refractivity contribution in [1.82, 2.24) is 0 Å². The van der Waals surface area contributed by atoms with Crippen LogP contribution >= 0.6 is 0 Å². The number of carbonyl (C=O) groups excluding carboxylic acids is 1. The first-order chi connectivity index (χ1) is 8.88. The molecule has 2 rings (SSSR count). The summed E-state index contributed by atoms with van der Waals surface area (Å²) in [5, 5.41) is 21.5. The van der Waals surface area contributed by atoms with E-state index in [1.165, 1.54) is 4.90 Å². The zero-order valence-corrected chi connectivity index (χ0v) is 9.68. The molecule has 2 N–H and O–H groups in total. The Balaban J connectivity index is 2.48. The number of nitro groups is 2. The van der Waals surface area contributed by atoms with Crippen LogP contribution < -0.4 is 10.6 Å². The molecule has 100 valence electrons. The predicted molar refractivity (Wildman–Crippen MR) is 64.7 cm³/mol. The van der Waals surface area contributed by atoms with Crippen LogP contribution in [0.2, 0.25) is 0 Å². The van der Waals surface area contributed by atoms with E-state index in [0.717, 1.165) is 18.2 Å². The summed E-state index contributed by atoms with van der Waals surface area (Å²) in [4.78, 5) is 32.9. The number of benzene rings is 1. The first-order valence-corrected chi connectivity index (χ1v) is 5.38. The van der Waals surface area contributed by atoms with Crippen molar-refractivity contribution in [3.05, 3.63) is 38.4 Å². The Hall–Kier alpha value is -2.55. The Labute approximate surface area is 106 Å². The second-order valence-corrected chi connectivity index (χ2v) is 4.19. The molecule has 9 heteroatoms. The van der Waals surface area contributed by atoms with Gasteiger partial charge < -0.3 is 10.6 Å². The summed E-state index contributed by atoms with van der Waals surface area (Å²) in [5.74, 6) is -0.303. The van der Waals surface area contributed by atoms with Crippen LogP contribution in [0.4, 0.5) is 17.1 Å². The van der Waals surface area contributed by atoms with Crippen molar-refractivity contribution < 1.29 is 14.6 Å². The van der Waals surface area contributed by atoms with Crippen LogP contribution in [0.15, 0.2) is 18.2 Å². The Morgan fingerprint density at radius 2 is 1.68 bits per heavy atom. The molecule has 1 aromatic carbocycles. The lowest BCUT2D eigenvalue weighted by Crippen LogP contribution is -2.28. The molecule has 0 spiro atoms. The quantitative estimate of drug-likeness (QED) is 0.627. The predicted octanol–water partition coefficient (Wildman–Crippen LogP) is 0.567. The SMILES string of the molecule is NC1CC(=O)N(c2cc([N+](=O)[O-])cc([N+](=O)[O-])c2)C1. The molecule has 1 atom stereocenters. The molecule has 0 aromatic heterocycles. The van der Waals surface area contributed by atoms with Gasteiger partial charge in [0.2, 0.25) is 5.91 Å². The summed E-state index contributed by atoms with van der Waals surface area (Å²) in [6.45, 7) is 0.192. The molecule has 0 saturated carbocycles. The molecule has 0 bridgehead atoms. The van der Waals surface area contributed by atoms with Crippen LogP contribution in [0.1, 0.15) is 6.42 Å². The van der Waals surface area contributed by atoms with Crippen LogP contribution in [0.5, 0.6) is 0 Å². The zero-order valence-electron chi connectivity index (χ0n) is 9.68. The van der Waals surface area contributed by atoms with E-state index in [0.29, 0.717) is 0 Å². The standard InChI is InChI=1S/C10H10N4O5/c11-6-1-10(15)12(5-6)7-2-8(13(16)17)4-9(3-7)14(18)19/h2-4,6H,1,5,11H2. The smallest absolute Gasteiger partial charge is 0.278 e. The number of hydrogen-bond donors (Lipinski definition) is 1. The number of hydrogen-bond acceptors (Lipinski definition) is 6. The van der Waals surface area contributed by atoms with E-state index in [2.05, 4.69) is 0 Å². The van der Waals surface area contributed by atoms with E-state index in [1.54, 1.807) is 0 Å². The molecule has 1 aromatic rings. The van der Waals surface area contributed by atoms with Gasteiger partial charge in [0.25, 0.3) is 11.4 Å². The molecular formula is C10H10N4O5. The van der Waals surface area contributed by atoms with Crippen molar-refractivity contribution in [3.63, 3.8) is 0 Å². The van der Waals surface area contributed by atoms with E-state index in [9.17, 15) is 25.0 Å². The Bertz CT molecular complexity index is 541. The van der Waals surface area contributed by atoms with Crippen LogP contribution in [0.25, 0.3) is 0 Å². The van der Waals surface area contributed by atoms with Gasteiger partial charge in [0.15, 0.2) is 0 Å². The van der Waals surface area contributed by atoms with E-state index in [4.69, 9.17) is 5.73 Å². The molecule has 1 unspecified atom stereocenters. The first kappa shape index (κ1) is 12.9. The van der Waals surface area contributed by atoms with Gasteiger partial charge in [-0.25, -0.2) is 0 Å². The molecule has 1 aliphatic rings. The lowest BCUT2D eigenvalue weighted by molar-refractivity contribution is -0.394. The van der Waals surface area contributed by atoms with E-state index >= 15 is 0 Å². The monoisotopic (exact) mass is 266 g/mol. The minimum Gasteiger partial charge on any atom is -0.326 e. The zero-order chi connectivity index (χ0) is 14.2. The number of nitrogens with two attached hydrogens (primary N) is 1. The Morgan fingerprint density at radius 1 is 1.16 bits per heavy atom. The average molecular weight is 266 g/mol. The van der Waals surface area contributed by atoms with Gasteiger partial charge in [-0.15, -0.1) is 0 Å². The van der Waals surface area contributed by atoms with Crippen LogP contribution in [-0.2, 0) is 4.79 Å². The fourth-order valence-electron chi connectivity index (χ4n) is 1.93. The normalized spacial score (nSPS) is 18.7. The summed E-state index contributed by atoms with van der Waals surface area (Å²) >= 11 is 0. The second-order valence-electron chi connectivity index (χ2n) is 4.19. The van der Waals surface area contributed by atoms with Gasteiger partial charge in [-0.05, 0) is 0 Å². The number of amides is 1. The summed E-state index contributed by atoms with van der Waals surface area (Å²) in [6, 6.07) is 2.74. The largest absolute Gasteiger partial charge is 0.326 e. The molecule has 19 heavy (non-hydrogen) atoms. The Morgan fingerprint density at radius 3 is 2.05 bits per heavy atom. The molecule has 1 fully saturated rings. The number of rotatable bonds is 3. The van der Waals surface area contributed by atoms with Crippen LogP contribution in [0.3, 0.4) is 0 Å². The first-order valence-electron chi connectivity index (χ1n) is 5.38. The molecule has 1 amide bonds. The number of nitrogens with zero attached hydrogens (tertiary/aromatic N) is 3. The molecule has 0 aliphatic carbocycles. The highest BCUT2D eigenvalue weighted by Gasteiger charge is 2.30. The van der Waals surface area contributed by atoms with Crippen LogP contribution in [-0.4, -0.2) is 28.3 Å². The number of anilines is 1. The molecule has 0 radical (unpaired) electrons. The van der Waals surface area contributed by atoms with E-state index in [-0.39, 0.29) is 30.6 Å². The lowest BCUT2D eigenvalue weighted by atomic mass is 10.2. The van der Waals surface area contributed by atoms with Gasteiger partial charge in [-0.1, -0.05) is 0 Å². The molecule has 1 aliphatic heterocycles. The third kappa shape index (κ3) is 2.50. The second kappa shape index (κ2) is 4.61. The van der Waals surface area contributed by atoms with Crippen molar-refractivity contribution in [2.75, 3.05) is 11.4 Å². The molecular weight excluding hydrogens is 256 g/mol. The Kier molecular flexibility index (Phi) is 3.13. The lowest BCUT2D eigenvalue weighted by Gasteiger charge is -2.15. The van der Waals surface area contributed by atoms with E-state index in [1.807, 2.05) is 0 Å². The van der Waals surface area contributed by atoms with Crippen molar-refractivity contribution >= 4 is 23.0 Å². The summed E-state index contributed by atoms with van der Waals surface area (Å²) in [5.41, 5.74) is 4.88. The van der Waals surface area contributed by atoms with E-state index < -0.39 is 21.2 Å². The van der Waals surface area contributed by atoms with Gasteiger partial charge in [-0.3, -0.25) is 25.0 Å². The van der Waals surface area contributed by atoms with Crippen molar-refractivity contribution in [3.8, 4) is 0 Å². The maximum atomic E-state index is 11.7. The third-order valence-corrected chi connectivity index (χ3v) is 2.78. The van der Waals surface area contributed by atoms with Crippen molar-refractivity contribution in [2.45, 2.75) is 12.5 Å². The molecule has 9 nitrogen and oxygen atoms in total. The fraction of sp³-hybridized carbons (Fsp3) is 0.300. The highest BCUT2D eigenvalue weighted by atomic mass is 16.6. The van der Waals surface area contributed by atoms with Crippen LogP contribution in [0, 0.1) is 20.2 Å². The minimum atomic E-state index is -0.739. The maximum absolute atomic E-state index is 11.7. The molecule has 1 heterocycles. The maximum Gasteiger partial charge on any atom is 0.278 e. The van der Waals surface area contributed by atoms with Gasteiger partial charge in [0.1, 0.15) is 0 Å².